The SMILES string of the molecule is CCCCc1ccc2nc(-c3ccc(OC)cc3)[nH]c(=O)c2c1. The lowest BCUT2D eigenvalue weighted by molar-refractivity contribution is 0.415. The first-order valence-electron chi connectivity index (χ1n) is 7.88. The zero-order valence-electron chi connectivity index (χ0n) is 13.4. The molecule has 0 saturated carbocycles. The fourth-order valence-corrected chi connectivity index (χ4v) is 2.61. The molecule has 0 unspecified atom stereocenters. The number of rotatable bonds is 5. The van der Waals surface area contributed by atoms with Crippen LogP contribution in [0.2, 0.25) is 0 Å². The van der Waals surface area contributed by atoms with Gasteiger partial charge in [0.05, 0.1) is 18.0 Å². The largest absolute Gasteiger partial charge is 0.497 e. The number of methoxy groups -OCH3 is 1. The van der Waals surface area contributed by atoms with E-state index in [4.69, 9.17) is 4.74 Å². The Labute approximate surface area is 135 Å². The number of unbranched alkanes of at least 4 members (excludes halogenated alkanes) is 1. The van der Waals surface area contributed by atoms with Crippen LogP contribution in [0.15, 0.2) is 47.3 Å². The summed E-state index contributed by atoms with van der Waals surface area (Å²) in [4.78, 5) is 19.9. The molecule has 0 amide bonds. The average molecular weight is 308 g/mol. The van der Waals surface area contributed by atoms with Gasteiger partial charge in [0.25, 0.3) is 5.56 Å². The summed E-state index contributed by atoms with van der Waals surface area (Å²) in [5.74, 6) is 1.35. The van der Waals surface area contributed by atoms with Gasteiger partial charge in [-0.25, -0.2) is 4.98 Å². The predicted octanol–water partition coefficient (Wildman–Crippen LogP) is 3.94. The maximum Gasteiger partial charge on any atom is 0.259 e. The van der Waals surface area contributed by atoms with Crippen LogP contribution in [0.5, 0.6) is 5.75 Å². The molecule has 4 nitrogen and oxygen atoms in total. The highest BCUT2D eigenvalue weighted by atomic mass is 16.5. The van der Waals surface area contributed by atoms with Gasteiger partial charge in [0, 0.05) is 5.56 Å². The van der Waals surface area contributed by atoms with E-state index >= 15 is 0 Å². The summed E-state index contributed by atoms with van der Waals surface area (Å²) >= 11 is 0. The van der Waals surface area contributed by atoms with E-state index in [-0.39, 0.29) is 5.56 Å². The number of fused-ring (bicyclic) bond motifs is 1. The van der Waals surface area contributed by atoms with Gasteiger partial charge in [0.2, 0.25) is 0 Å². The fourth-order valence-electron chi connectivity index (χ4n) is 2.61. The summed E-state index contributed by atoms with van der Waals surface area (Å²) in [7, 11) is 1.63. The third-order valence-electron chi connectivity index (χ3n) is 3.95. The fraction of sp³-hybridized carbons (Fsp3) is 0.263. The van der Waals surface area contributed by atoms with Crippen molar-refractivity contribution in [2.45, 2.75) is 26.2 Å². The van der Waals surface area contributed by atoms with Gasteiger partial charge < -0.3 is 9.72 Å². The van der Waals surface area contributed by atoms with Gasteiger partial charge in [-0.15, -0.1) is 0 Å². The molecule has 0 saturated heterocycles. The van der Waals surface area contributed by atoms with Crippen LogP contribution in [0.4, 0.5) is 0 Å². The third kappa shape index (κ3) is 3.26. The summed E-state index contributed by atoms with van der Waals surface area (Å²) < 4.78 is 5.15. The highest BCUT2D eigenvalue weighted by Crippen LogP contribution is 2.20. The Morgan fingerprint density at radius 2 is 1.91 bits per heavy atom. The molecule has 3 rings (SSSR count). The van der Waals surface area contributed by atoms with Gasteiger partial charge in [0.1, 0.15) is 11.6 Å². The average Bonchev–Trinajstić information content (AvgIpc) is 2.60. The smallest absolute Gasteiger partial charge is 0.259 e. The zero-order chi connectivity index (χ0) is 16.2. The number of nitrogens with one attached hydrogen (secondary N) is 1. The van der Waals surface area contributed by atoms with Crippen LogP contribution in [0.1, 0.15) is 25.3 Å². The lowest BCUT2D eigenvalue weighted by Crippen LogP contribution is -2.10. The molecule has 1 N–H and O–H groups in total. The molecule has 0 aliphatic heterocycles. The molecule has 1 aromatic heterocycles. The second-order valence-electron chi connectivity index (χ2n) is 5.60. The molecule has 0 aliphatic rings. The van der Waals surface area contributed by atoms with E-state index in [1.54, 1.807) is 7.11 Å². The standard InChI is InChI=1S/C19H20N2O2/c1-3-4-5-13-6-11-17-16(12-13)19(22)21-18(20-17)14-7-9-15(23-2)10-8-14/h6-12H,3-5H2,1-2H3,(H,20,21,22). The predicted molar refractivity (Wildman–Crippen MR) is 93.0 cm³/mol. The minimum Gasteiger partial charge on any atom is -0.497 e. The van der Waals surface area contributed by atoms with E-state index < -0.39 is 0 Å². The van der Waals surface area contributed by atoms with Crippen molar-refractivity contribution >= 4 is 10.9 Å². The van der Waals surface area contributed by atoms with Crippen molar-refractivity contribution in [2.75, 3.05) is 7.11 Å². The molecule has 0 radical (unpaired) electrons. The maximum atomic E-state index is 12.4. The monoisotopic (exact) mass is 308 g/mol. The number of ether oxygens (including phenoxy) is 1. The number of aromatic amines is 1. The van der Waals surface area contributed by atoms with Crippen LogP contribution in [-0.2, 0) is 6.42 Å². The number of H-pyrrole nitrogens is 1. The van der Waals surface area contributed by atoms with Gasteiger partial charge in [0.15, 0.2) is 0 Å². The Balaban J connectivity index is 2.02. The van der Waals surface area contributed by atoms with Crippen LogP contribution < -0.4 is 10.3 Å². The molecule has 23 heavy (non-hydrogen) atoms. The first kappa shape index (κ1) is 15.3. The molecule has 2 aromatic carbocycles. The lowest BCUT2D eigenvalue weighted by Gasteiger charge is -2.06. The summed E-state index contributed by atoms with van der Waals surface area (Å²) in [6.07, 6.45) is 3.26. The molecule has 0 atom stereocenters. The van der Waals surface area contributed by atoms with Crippen molar-refractivity contribution in [3.63, 3.8) is 0 Å². The molecule has 0 bridgehead atoms. The minimum atomic E-state index is -0.0980. The topological polar surface area (TPSA) is 55.0 Å². The number of aromatic nitrogens is 2. The first-order chi connectivity index (χ1) is 11.2. The molecule has 0 fully saturated rings. The van der Waals surface area contributed by atoms with Gasteiger partial charge >= 0.3 is 0 Å². The Morgan fingerprint density at radius 3 is 2.61 bits per heavy atom. The van der Waals surface area contributed by atoms with Crippen molar-refractivity contribution in [2.24, 2.45) is 0 Å². The summed E-state index contributed by atoms with van der Waals surface area (Å²) in [5, 5.41) is 0.649. The van der Waals surface area contributed by atoms with Crippen LogP contribution in [0, 0.1) is 0 Å². The number of hydrogen-bond donors (Lipinski definition) is 1. The van der Waals surface area contributed by atoms with Crippen molar-refractivity contribution in [1.29, 1.82) is 0 Å². The Morgan fingerprint density at radius 1 is 1.13 bits per heavy atom. The Hall–Kier alpha value is -2.62. The molecule has 0 aliphatic carbocycles. The van der Waals surface area contributed by atoms with E-state index in [0.29, 0.717) is 11.2 Å². The van der Waals surface area contributed by atoms with E-state index in [9.17, 15) is 4.79 Å². The molecular weight excluding hydrogens is 288 g/mol. The van der Waals surface area contributed by atoms with E-state index in [1.807, 2.05) is 36.4 Å². The molecule has 4 heteroatoms. The normalized spacial score (nSPS) is 10.9. The Bertz CT molecular complexity index is 867. The van der Waals surface area contributed by atoms with Crippen LogP contribution in [0.3, 0.4) is 0 Å². The number of nitrogens with zero attached hydrogens (tertiary/aromatic N) is 1. The maximum absolute atomic E-state index is 12.4. The van der Waals surface area contributed by atoms with Gasteiger partial charge in [-0.2, -0.15) is 0 Å². The van der Waals surface area contributed by atoms with Crippen LogP contribution >= 0.6 is 0 Å². The van der Waals surface area contributed by atoms with Gasteiger partial charge in [-0.3, -0.25) is 4.79 Å². The van der Waals surface area contributed by atoms with Gasteiger partial charge in [-0.1, -0.05) is 19.4 Å². The molecule has 0 spiro atoms. The van der Waals surface area contributed by atoms with E-state index in [2.05, 4.69) is 23.0 Å². The first-order valence-corrected chi connectivity index (χ1v) is 7.88. The highest BCUT2D eigenvalue weighted by Gasteiger charge is 2.07. The van der Waals surface area contributed by atoms with Crippen LogP contribution in [-0.4, -0.2) is 17.1 Å². The van der Waals surface area contributed by atoms with Crippen molar-refractivity contribution in [3.8, 4) is 17.1 Å². The lowest BCUT2D eigenvalue weighted by atomic mass is 10.1. The number of benzene rings is 2. The molecule has 1 heterocycles. The van der Waals surface area contributed by atoms with Gasteiger partial charge in [-0.05, 0) is 54.8 Å². The highest BCUT2D eigenvalue weighted by molar-refractivity contribution is 5.80. The number of hydrogen-bond acceptors (Lipinski definition) is 3. The minimum absolute atomic E-state index is 0.0980. The quantitative estimate of drug-likeness (QED) is 0.776. The van der Waals surface area contributed by atoms with Crippen LogP contribution in [0.25, 0.3) is 22.3 Å². The summed E-state index contributed by atoms with van der Waals surface area (Å²) in [6, 6.07) is 13.4. The second kappa shape index (κ2) is 6.65. The van der Waals surface area contributed by atoms with E-state index in [0.717, 1.165) is 36.1 Å². The zero-order valence-corrected chi connectivity index (χ0v) is 13.4. The number of aryl methyl sites for hydroxylation is 1. The van der Waals surface area contributed by atoms with Crippen molar-refractivity contribution in [1.82, 2.24) is 9.97 Å². The second-order valence-corrected chi connectivity index (χ2v) is 5.60. The molecule has 3 aromatic rings. The third-order valence-corrected chi connectivity index (χ3v) is 3.95. The summed E-state index contributed by atoms with van der Waals surface area (Å²) in [6.45, 7) is 2.16. The molecular formula is C19H20N2O2. The van der Waals surface area contributed by atoms with Crippen molar-refractivity contribution < 1.29 is 4.74 Å². The Kier molecular flexibility index (Phi) is 4.42. The van der Waals surface area contributed by atoms with E-state index in [1.165, 1.54) is 5.56 Å². The van der Waals surface area contributed by atoms with Crippen molar-refractivity contribution in [3.05, 3.63) is 58.4 Å². The molecule has 118 valence electrons. The summed E-state index contributed by atoms with van der Waals surface area (Å²) in [5.41, 5.74) is 2.67.